The van der Waals surface area contributed by atoms with Crippen LogP contribution in [0.1, 0.15) is 28.9 Å². The van der Waals surface area contributed by atoms with Gasteiger partial charge in [-0.3, -0.25) is 4.79 Å². The molecule has 2 aromatic carbocycles. The van der Waals surface area contributed by atoms with E-state index in [1.807, 2.05) is 67.8 Å². The highest BCUT2D eigenvalue weighted by Crippen LogP contribution is 2.33. The van der Waals surface area contributed by atoms with Crippen LogP contribution in [0, 0.1) is 20.8 Å². The number of amides is 1. The molecule has 4 rings (SSSR count). The molecule has 34 heavy (non-hydrogen) atoms. The Bertz CT molecular complexity index is 1380. The number of fused-ring (bicyclic) bond motifs is 1. The number of benzene rings is 2. The molecule has 176 valence electrons. The Morgan fingerprint density at radius 2 is 1.85 bits per heavy atom. The van der Waals surface area contributed by atoms with Gasteiger partial charge in [-0.15, -0.1) is 0 Å². The van der Waals surface area contributed by atoms with E-state index < -0.39 is 0 Å². The molecule has 2 aromatic heterocycles. The lowest BCUT2D eigenvalue weighted by Crippen LogP contribution is -2.14. The Morgan fingerprint density at radius 3 is 2.56 bits per heavy atom. The normalized spacial score (nSPS) is 11.0. The zero-order valence-corrected chi connectivity index (χ0v) is 21.5. The minimum absolute atomic E-state index is 0.0373. The summed E-state index contributed by atoms with van der Waals surface area (Å²) < 4.78 is 13.7. The maximum atomic E-state index is 12.6. The van der Waals surface area contributed by atoms with Crippen molar-refractivity contribution in [3.05, 3.63) is 69.5 Å². The molecule has 0 saturated carbocycles. The largest absolute Gasteiger partial charge is 0.497 e. The molecule has 1 amide bonds. The lowest BCUT2D eigenvalue weighted by molar-refractivity contribution is -0.116. The van der Waals surface area contributed by atoms with Crippen molar-refractivity contribution in [3.63, 3.8) is 0 Å². The second kappa shape index (κ2) is 9.85. The van der Waals surface area contributed by atoms with Crippen molar-refractivity contribution in [2.75, 3.05) is 19.5 Å². The highest BCUT2D eigenvalue weighted by molar-refractivity contribution is 9.10. The predicted molar refractivity (Wildman–Crippen MR) is 137 cm³/mol. The SMILES string of the molecule is COc1ccc(-c2cc3nc(C)c(CCC(=O)Nc4ccc(Br)c(C)c4)c(C)n3n2)c(OC)c1. The standard InChI is InChI=1S/C26H27BrN4O3/c1-15-12-18(6-10-22(15)27)29-26(32)11-9-20-16(2)28-25-14-23(30-31(25)17(20)3)21-8-7-19(33-4)13-24(21)34-5/h6-8,10,12-14H,9,11H2,1-5H3,(H,29,32). The molecule has 0 bridgehead atoms. The number of halogens is 1. The van der Waals surface area contributed by atoms with Gasteiger partial charge in [-0.25, -0.2) is 9.50 Å². The molecule has 0 spiro atoms. The van der Waals surface area contributed by atoms with Crippen LogP contribution < -0.4 is 14.8 Å². The number of ether oxygens (including phenoxy) is 2. The van der Waals surface area contributed by atoms with Gasteiger partial charge in [0, 0.05) is 45.7 Å². The van der Waals surface area contributed by atoms with Crippen LogP contribution >= 0.6 is 15.9 Å². The summed E-state index contributed by atoms with van der Waals surface area (Å²) in [5.74, 6) is 1.36. The van der Waals surface area contributed by atoms with Crippen LogP contribution in [0.25, 0.3) is 16.9 Å². The molecule has 8 heteroatoms. The third-order valence-electron chi connectivity index (χ3n) is 5.89. The van der Waals surface area contributed by atoms with Gasteiger partial charge in [-0.2, -0.15) is 5.10 Å². The number of carbonyl (C=O) groups excluding carboxylic acids is 1. The zero-order chi connectivity index (χ0) is 24.4. The molecule has 1 N–H and O–H groups in total. The lowest BCUT2D eigenvalue weighted by atomic mass is 10.1. The average molecular weight is 523 g/mol. The van der Waals surface area contributed by atoms with E-state index in [1.165, 1.54) is 0 Å². The smallest absolute Gasteiger partial charge is 0.224 e. The molecule has 7 nitrogen and oxygen atoms in total. The first-order chi connectivity index (χ1) is 16.3. The number of methoxy groups -OCH3 is 2. The molecule has 0 saturated heterocycles. The van der Waals surface area contributed by atoms with E-state index in [0.29, 0.717) is 24.3 Å². The van der Waals surface area contributed by atoms with E-state index in [0.717, 1.165) is 49.6 Å². The van der Waals surface area contributed by atoms with Gasteiger partial charge in [0.25, 0.3) is 0 Å². The van der Waals surface area contributed by atoms with Crippen LogP contribution in [-0.4, -0.2) is 34.7 Å². The van der Waals surface area contributed by atoms with Crippen LogP contribution in [0.4, 0.5) is 5.69 Å². The van der Waals surface area contributed by atoms with Gasteiger partial charge in [0.2, 0.25) is 5.91 Å². The topological polar surface area (TPSA) is 77.8 Å². The van der Waals surface area contributed by atoms with Gasteiger partial charge >= 0.3 is 0 Å². The second-order valence-electron chi connectivity index (χ2n) is 8.14. The Labute approximate surface area is 207 Å². The van der Waals surface area contributed by atoms with E-state index >= 15 is 0 Å². The summed E-state index contributed by atoms with van der Waals surface area (Å²) in [7, 11) is 3.25. The van der Waals surface area contributed by atoms with Crippen molar-refractivity contribution in [1.82, 2.24) is 14.6 Å². The number of anilines is 1. The predicted octanol–water partition coefficient (Wildman–Crippen LogP) is 5.67. The first-order valence-electron chi connectivity index (χ1n) is 10.9. The summed E-state index contributed by atoms with van der Waals surface area (Å²) in [5, 5.41) is 7.77. The summed E-state index contributed by atoms with van der Waals surface area (Å²) in [6, 6.07) is 13.4. The van der Waals surface area contributed by atoms with Crippen LogP contribution in [0.2, 0.25) is 0 Å². The van der Waals surface area contributed by atoms with Crippen LogP contribution in [0.15, 0.2) is 46.9 Å². The molecular weight excluding hydrogens is 496 g/mol. The quantitative estimate of drug-likeness (QED) is 0.338. The van der Waals surface area contributed by atoms with Crippen molar-refractivity contribution in [1.29, 1.82) is 0 Å². The first kappa shape index (κ1) is 23.8. The summed E-state index contributed by atoms with van der Waals surface area (Å²) in [6.45, 7) is 5.97. The number of aryl methyl sites for hydroxylation is 3. The molecule has 0 fully saturated rings. The molecular formula is C26H27BrN4O3. The summed E-state index contributed by atoms with van der Waals surface area (Å²) >= 11 is 3.48. The molecule has 0 aliphatic carbocycles. The van der Waals surface area contributed by atoms with Crippen molar-refractivity contribution in [2.24, 2.45) is 0 Å². The first-order valence-corrected chi connectivity index (χ1v) is 11.7. The molecule has 4 aromatic rings. The molecule has 0 radical (unpaired) electrons. The van der Waals surface area contributed by atoms with E-state index in [2.05, 4.69) is 21.2 Å². The Morgan fingerprint density at radius 1 is 1.06 bits per heavy atom. The fourth-order valence-electron chi connectivity index (χ4n) is 4.01. The van der Waals surface area contributed by atoms with Crippen molar-refractivity contribution in [3.8, 4) is 22.8 Å². The molecule has 2 heterocycles. The maximum absolute atomic E-state index is 12.6. The third kappa shape index (κ3) is 4.77. The molecule has 0 unspecified atom stereocenters. The summed E-state index contributed by atoms with van der Waals surface area (Å²) in [6.07, 6.45) is 0.924. The fourth-order valence-corrected chi connectivity index (χ4v) is 4.26. The number of carbonyl (C=O) groups is 1. The highest BCUT2D eigenvalue weighted by Gasteiger charge is 2.17. The molecule has 0 aliphatic heterocycles. The minimum atomic E-state index is -0.0373. The van der Waals surface area contributed by atoms with Gasteiger partial charge in [-0.1, -0.05) is 15.9 Å². The number of nitrogens with one attached hydrogen (secondary N) is 1. The van der Waals surface area contributed by atoms with E-state index in [9.17, 15) is 4.79 Å². The van der Waals surface area contributed by atoms with Gasteiger partial charge in [0.05, 0.1) is 19.9 Å². The monoisotopic (exact) mass is 522 g/mol. The Kier molecular flexibility index (Phi) is 6.88. The molecule has 0 atom stereocenters. The van der Waals surface area contributed by atoms with Gasteiger partial charge in [-0.05, 0) is 68.7 Å². The van der Waals surface area contributed by atoms with Gasteiger partial charge in [0.15, 0.2) is 5.65 Å². The van der Waals surface area contributed by atoms with Crippen molar-refractivity contribution < 1.29 is 14.3 Å². The number of hydrogen-bond donors (Lipinski definition) is 1. The minimum Gasteiger partial charge on any atom is -0.497 e. The summed E-state index contributed by atoms with van der Waals surface area (Å²) in [4.78, 5) is 17.3. The number of aromatic nitrogens is 3. The average Bonchev–Trinajstić information content (AvgIpc) is 3.24. The number of rotatable bonds is 7. The third-order valence-corrected chi connectivity index (χ3v) is 6.78. The van der Waals surface area contributed by atoms with E-state index in [-0.39, 0.29) is 5.91 Å². The highest BCUT2D eigenvalue weighted by atomic mass is 79.9. The lowest BCUT2D eigenvalue weighted by Gasteiger charge is -2.11. The number of nitrogens with zero attached hydrogens (tertiary/aromatic N) is 3. The summed E-state index contributed by atoms with van der Waals surface area (Å²) in [5.41, 5.74) is 7.11. The van der Waals surface area contributed by atoms with E-state index in [1.54, 1.807) is 14.2 Å². The van der Waals surface area contributed by atoms with Crippen LogP contribution in [0.5, 0.6) is 11.5 Å². The Hall–Kier alpha value is -3.39. The van der Waals surface area contributed by atoms with E-state index in [4.69, 9.17) is 19.6 Å². The van der Waals surface area contributed by atoms with Crippen LogP contribution in [-0.2, 0) is 11.2 Å². The van der Waals surface area contributed by atoms with Gasteiger partial charge in [0.1, 0.15) is 11.5 Å². The zero-order valence-electron chi connectivity index (χ0n) is 19.9. The maximum Gasteiger partial charge on any atom is 0.224 e. The van der Waals surface area contributed by atoms with Crippen molar-refractivity contribution in [2.45, 2.75) is 33.6 Å². The fraction of sp³-hybridized carbons (Fsp3) is 0.269. The molecule has 0 aliphatic rings. The van der Waals surface area contributed by atoms with Crippen molar-refractivity contribution >= 4 is 33.2 Å². The van der Waals surface area contributed by atoms with Gasteiger partial charge < -0.3 is 14.8 Å². The second-order valence-corrected chi connectivity index (χ2v) is 8.99. The van der Waals surface area contributed by atoms with Crippen LogP contribution in [0.3, 0.4) is 0 Å². The number of hydrogen-bond acceptors (Lipinski definition) is 5. The Balaban J connectivity index is 1.57.